The van der Waals surface area contributed by atoms with E-state index in [1.54, 1.807) is 11.3 Å². The average Bonchev–Trinajstić information content (AvgIpc) is 2.41. The molecule has 0 saturated heterocycles. The lowest BCUT2D eigenvalue weighted by molar-refractivity contribution is 0.145. The fourth-order valence-corrected chi connectivity index (χ4v) is 2.23. The topological polar surface area (TPSA) is 35.2 Å². The smallest absolute Gasteiger partial charge is 0.0960 e. The van der Waals surface area contributed by atoms with Gasteiger partial charge in [-0.2, -0.15) is 0 Å². The summed E-state index contributed by atoms with van der Waals surface area (Å²) in [5.74, 6) is 0. The Bertz CT molecular complexity index is 243. The van der Waals surface area contributed by atoms with Crippen molar-refractivity contribution in [1.82, 2.24) is 0 Å². The zero-order valence-corrected chi connectivity index (χ0v) is 9.25. The van der Waals surface area contributed by atoms with Gasteiger partial charge in [0.1, 0.15) is 0 Å². The molecule has 0 bridgehead atoms. The molecule has 2 N–H and O–H groups in total. The third kappa shape index (κ3) is 3.65. The monoisotopic (exact) mass is 219 g/mol. The van der Waals surface area contributed by atoms with Crippen molar-refractivity contribution in [2.24, 2.45) is 5.73 Å². The van der Waals surface area contributed by atoms with E-state index in [-0.39, 0.29) is 0 Å². The van der Waals surface area contributed by atoms with Crippen LogP contribution in [0.5, 0.6) is 0 Å². The zero-order chi connectivity index (χ0) is 9.68. The minimum Gasteiger partial charge on any atom is -0.380 e. The Balaban J connectivity index is 2.29. The maximum atomic E-state index is 5.93. The van der Waals surface area contributed by atoms with Gasteiger partial charge in [0.05, 0.1) is 17.6 Å². The lowest BCUT2D eigenvalue weighted by atomic mass is 10.3. The van der Waals surface area contributed by atoms with E-state index in [4.69, 9.17) is 22.1 Å². The quantitative estimate of drug-likeness (QED) is 0.771. The van der Waals surface area contributed by atoms with Crippen LogP contribution in [0.4, 0.5) is 0 Å². The van der Waals surface area contributed by atoms with Crippen LogP contribution in [0.25, 0.3) is 0 Å². The summed E-state index contributed by atoms with van der Waals surface area (Å²) in [6.07, 6.45) is 0.929. The summed E-state index contributed by atoms with van der Waals surface area (Å²) in [5.41, 5.74) is 6.45. The summed E-state index contributed by atoms with van der Waals surface area (Å²) in [7, 11) is 0. The van der Waals surface area contributed by atoms with Crippen molar-refractivity contribution in [3.8, 4) is 0 Å². The van der Waals surface area contributed by atoms with Gasteiger partial charge in [0, 0.05) is 17.8 Å². The van der Waals surface area contributed by atoms with E-state index in [1.165, 1.54) is 4.88 Å². The summed E-state index contributed by atoms with van der Waals surface area (Å²) in [5, 5.41) is 0. The maximum Gasteiger partial charge on any atom is 0.0960 e. The Morgan fingerprint density at radius 3 is 2.85 bits per heavy atom. The van der Waals surface area contributed by atoms with Crippen molar-refractivity contribution in [2.75, 3.05) is 19.8 Å². The van der Waals surface area contributed by atoms with Crippen molar-refractivity contribution in [3.05, 3.63) is 20.8 Å². The first-order chi connectivity index (χ1) is 6.24. The van der Waals surface area contributed by atoms with Crippen molar-refractivity contribution >= 4 is 22.9 Å². The molecule has 1 aromatic rings. The van der Waals surface area contributed by atoms with Gasteiger partial charge in [-0.25, -0.2) is 0 Å². The lowest BCUT2D eigenvalue weighted by Gasteiger charge is -1.99. The van der Waals surface area contributed by atoms with Crippen LogP contribution in [0, 0.1) is 6.92 Å². The summed E-state index contributed by atoms with van der Waals surface area (Å²) in [4.78, 5) is 1.28. The molecule has 0 spiro atoms. The molecule has 0 atom stereocenters. The molecular formula is C9H14ClNOS. The van der Waals surface area contributed by atoms with E-state index >= 15 is 0 Å². The van der Waals surface area contributed by atoms with Crippen LogP contribution in [0.1, 0.15) is 10.4 Å². The summed E-state index contributed by atoms with van der Waals surface area (Å²) in [6.45, 7) is 3.97. The molecule has 0 aliphatic rings. The molecule has 0 aliphatic carbocycles. The number of aryl methyl sites for hydroxylation is 1. The van der Waals surface area contributed by atoms with Crippen LogP contribution in [0.2, 0.25) is 4.34 Å². The van der Waals surface area contributed by atoms with Gasteiger partial charge in [0.2, 0.25) is 0 Å². The second-order valence-corrected chi connectivity index (χ2v) is 4.56. The number of halogens is 1. The fourth-order valence-electron chi connectivity index (χ4n) is 1.00. The minimum atomic E-state index is 0.588. The Hall–Kier alpha value is -0.0900. The molecule has 0 aliphatic heterocycles. The molecule has 0 aromatic carbocycles. The minimum absolute atomic E-state index is 0.588. The second-order valence-electron chi connectivity index (χ2n) is 2.82. The van der Waals surface area contributed by atoms with E-state index in [9.17, 15) is 0 Å². The van der Waals surface area contributed by atoms with Crippen molar-refractivity contribution in [2.45, 2.75) is 13.3 Å². The number of nitrogens with two attached hydrogens (primary N) is 1. The van der Waals surface area contributed by atoms with Gasteiger partial charge in [0.15, 0.2) is 0 Å². The standard InChI is InChI=1S/C9H14ClNOS/c1-7-6-8(13-9(7)10)2-4-12-5-3-11/h6H,2-5,11H2,1H3. The molecular weight excluding hydrogens is 206 g/mol. The Kier molecular flexibility index (Phi) is 4.73. The van der Waals surface area contributed by atoms with E-state index in [0.29, 0.717) is 13.2 Å². The number of hydrogen-bond donors (Lipinski definition) is 1. The van der Waals surface area contributed by atoms with Gasteiger partial charge >= 0.3 is 0 Å². The molecule has 74 valence electrons. The molecule has 1 aromatic heterocycles. The largest absolute Gasteiger partial charge is 0.380 e. The van der Waals surface area contributed by atoms with Crippen LogP contribution < -0.4 is 5.73 Å². The van der Waals surface area contributed by atoms with E-state index in [1.807, 2.05) is 6.92 Å². The van der Waals surface area contributed by atoms with E-state index in [2.05, 4.69) is 6.07 Å². The zero-order valence-electron chi connectivity index (χ0n) is 7.68. The van der Waals surface area contributed by atoms with Crippen LogP contribution >= 0.6 is 22.9 Å². The highest BCUT2D eigenvalue weighted by molar-refractivity contribution is 7.16. The first-order valence-corrected chi connectivity index (χ1v) is 5.46. The number of ether oxygens (including phenoxy) is 1. The molecule has 2 nitrogen and oxygen atoms in total. The SMILES string of the molecule is Cc1cc(CCOCCN)sc1Cl. The highest BCUT2D eigenvalue weighted by atomic mass is 35.5. The third-order valence-corrected chi connectivity index (χ3v) is 3.28. The predicted molar refractivity (Wildman–Crippen MR) is 57.6 cm³/mol. The van der Waals surface area contributed by atoms with Crippen LogP contribution in [-0.4, -0.2) is 19.8 Å². The van der Waals surface area contributed by atoms with Crippen molar-refractivity contribution in [1.29, 1.82) is 0 Å². The van der Waals surface area contributed by atoms with Gasteiger partial charge in [-0.05, 0) is 18.6 Å². The van der Waals surface area contributed by atoms with Crippen LogP contribution in [0.3, 0.4) is 0 Å². The molecule has 4 heteroatoms. The third-order valence-electron chi connectivity index (χ3n) is 1.66. The summed E-state index contributed by atoms with van der Waals surface area (Å²) < 4.78 is 6.16. The van der Waals surface area contributed by atoms with Gasteiger partial charge < -0.3 is 10.5 Å². The molecule has 0 unspecified atom stereocenters. The molecule has 0 fully saturated rings. The first-order valence-electron chi connectivity index (χ1n) is 4.26. The highest BCUT2D eigenvalue weighted by Gasteiger charge is 2.02. The second kappa shape index (κ2) is 5.60. The molecule has 1 rings (SSSR count). The molecule has 1 heterocycles. The molecule has 13 heavy (non-hydrogen) atoms. The Morgan fingerprint density at radius 1 is 1.54 bits per heavy atom. The average molecular weight is 220 g/mol. The number of hydrogen-bond acceptors (Lipinski definition) is 3. The summed E-state index contributed by atoms with van der Waals surface area (Å²) >= 11 is 7.55. The summed E-state index contributed by atoms with van der Waals surface area (Å²) in [6, 6.07) is 2.11. The molecule has 0 saturated carbocycles. The molecule has 0 radical (unpaired) electrons. The van der Waals surface area contributed by atoms with Gasteiger partial charge in [-0.1, -0.05) is 11.6 Å². The van der Waals surface area contributed by atoms with E-state index in [0.717, 1.165) is 22.9 Å². The molecule has 0 amide bonds. The highest BCUT2D eigenvalue weighted by Crippen LogP contribution is 2.26. The van der Waals surface area contributed by atoms with Gasteiger partial charge in [-0.3, -0.25) is 0 Å². The number of rotatable bonds is 5. The van der Waals surface area contributed by atoms with Gasteiger partial charge in [0.25, 0.3) is 0 Å². The maximum absolute atomic E-state index is 5.93. The van der Waals surface area contributed by atoms with Crippen LogP contribution in [0.15, 0.2) is 6.07 Å². The fraction of sp³-hybridized carbons (Fsp3) is 0.556. The lowest BCUT2D eigenvalue weighted by Crippen LogP contribution is -2.09. The first kappa shape index (κ1) is 11.0. The number of thiophene rings is 1. The van der Waals surface area contributed by atoms with Crippen LogP contribution in [-0.2, 0) is 11.2 Å². The van der Waals surface area contributed by atoms with Crippen molar-refractivity contribution in [3.63, 3.8) is 0 Å². The predicted octanol–water partition coefficient (Wildman–Crippen LogP) is 2.23. The normalized spacial score (nSPS) is 10.7. The van der Waals surface area contributed by atoms with Crippen molar-refractivity contribution < 1.29 is 4.74 Å². The Labute approximate surface area is 87.7 Å². The van der Waals surface area contributed by atoms with Gasteiger partial charge in [-0.15, -0.1) is 11.3 Å². The van der Waals surface area contributed by atoms with E-state index < -0.39 is 0 Å². The Morgan fingerprint density at radius 2 is 2.31 bits per heavy atom.